The van der Waals surface area contributed by atoms with Gasteiger partial charge in [0.2, 0.25) is 0 Å². The van der Waals surface area contributed by atoms with Gasteiger partial charge in [-0.05, 0) is 11.6 Å². The Kier molecular flexibility index (Phi) is 3.03. The third kappa shape index (κ3) is 2.37. The number of hydrogen-bond acceptors (Lipinski definition) is 5. The fourth-order valence-electron chi connectivity index (χ4n) is 1.78. The second kappa shape index (κ2) is 4.46. The number of nitrogen functional groups attached to an aromatic ring is 2. The first-order chi connectivity index (χ1) is 7.27. The van der Waals surface area contributed by atoms with Gasteiger partial charge < -0.3 is 16.8 Å². The third-order valence-electron chi connectivity index (χ3n) is 2.71. The molecule has 0 aliphatic carbocycles. The molecule has 2 heterocycles. The minimum absolute atomic E-state index is 0.433. The summed E-state index contributed by atoms with van der Waals surface area (Å²) in [6.45, 7) is 5.06. The number of hydrogen-bond donors (Lipinski definition) is 3. The minimum atomic E-state index is 0.433. The van der Waals surface area contributed by atoms with Crippen molar-refractivity contribution in [1.29, 1.82) is 0 Å². The van der Waals surface area contributed by atoms with Crippen LogP contribution in [-0.4, -0.2) is 36.1 Å². The molecule has 0 radical (unpaired) electrons. The molecule has 2 rings (SSSR count). The average molecular weight is 207 g/mol. The standard InChI is InChI=1S/C10H17N5/c11-9-8(1-2-14-10(9)12)7-15-5-3-13-4-6-15/h1-2,13H,3-7,11H2,(H2,12,14). The summed E-state index contributed by atoms with van der Waals surface area (Å²) in [5.41, 5.74) is 13.2. The van der Waals surface area contributed by atoms with Crippen molar-refractivity contribution in [2.24, 2.45) is 0 Å². The molecule has 0 saturated carbocycles. The predicted molar refractivity (Wildman–Crippen MR) is 61.2 cm³/mol. The highest BCUT2D eigenvalue weighted by molar-refractivity contribution is 5.62. The van der Waals surface area contributed by atoms with Crippen LogP contribution in [0.5, 0.6) is 0 Å². The third-order valence-corrected chi connectivity index (χ3v) is 2.71. The van der Waals surface area contributed by atoms with E-state index in [0.717, 1.165) is 38.3 Å². The van der Waals surface area contributed by atoms with Crippen molar-refractivity contribution in [3.05, 3.63) is 17.8 Å². The lowest BCUT2D eigenvalue weighted by atomic mass is 10.2. The smallest absolute Gasteiger partial charge is 0.146 e. The van der Waals surface area contributed by atoms with Crippen LogP contribution in [0.2, 0.25) is 0 Å². The molecule has 5 nitrogen and oxygen atoms in total. The van der Waals surface area contributed by atoms with E-state index in [9.17, 15) is 0 Å². The number of pyridine rings is 1. The summed E-state index contributed by atoms with van der Waals surface area (Å²) in [6, 6.07) is 1.94. The Hall–Kier alpha value is -1.33. The fourth-order valence-corrected chi connectivity index (χ4v) is 1.78. The first kappa shape index (κ1) is 10.2. The molecule has 0 amide bonds. The maximum absolute atomic E-state index is 5.87. The van der Waals surface area contributed by atoms with Crippen LogP contribution in [0.25, 0.3) is 0 Å². The Morgan fingerprint density at radius 2 is 2.07 bits per heavy atom. The van der Waals surface area contributed by atoms with Gasteiger partial charge in [0.15, 0.2) is 0 Å². The number of nitrogens with zero attached hydrogens (tertiary/aromatic N) is 2. The molecule has 0 spiro atoms. The van der Waals surface area contributed by atoms with Gasteiger partial charge in [-0.15, -0.1) is 0 Å². The van der Waals surface area contributed by atoms with Crippen LogP contribution in [0.1, 0.15) is 5.56 Å². The van der Waals surface area contributed by atoms with Crippen LogP contribution in [0.4, 0.5) is 11.5 Å². The summed E-state index contributed by atoms with van der Waals surface area (Å²) in [5.74, 6) is 0.433. The van der Waals surface area contributed by atoms with E-state index in [2.05, 4.69) is 15.2 Å². The fraction of sp³-hybridized carbons (Fsp3) is 0.500. The van der Waals surface area contributed by atoms with Gasteiger partial charge in [0.25, 0.3) is 0 Å². The van der Waals surface area contributed by atoms with Crippen molar-refractivity contribution in [2.75, 3.05) is 37.6 Å². The molecule has 1 aromatic heterocycles. The summed E-state index contributed by atoms with van der Waals surface area (Å²) < 4.78 is 0. The summed E-state index contributed by atoms with van der Waals surface area (Å²) in [6.07, 6.45) is 1.71. The number of rotatable bonds is 2. The Morgan fingerprint density at radius 3 is 2.80 bits per heavy atom. The molecule has 0 aromatic carbocycles. The molecule has 0 atom stereocenters. The Balaban J connectivity index is 2.06. The molecule has 1 aliphatic rings. The number of nitrogens with two attached hydrogens (primary N) is 2. The van der Waals surface area contributed by atoms with Crippen LogP contribution >= 0.6 is 0 Å². The maximum atomic E-state index is 5.87. The van der Waals surface area contributed by atoms with E-state index in [4.69, 9.17) is 11.5 Å². The molecule has 1 aromatic rings. The summed E-state index contributed by atoms with van der Waals surface area (Å²) in [4.78, 5) is 6.32. The Morgan fingerprint density at radius 1 is 1.33 bits per heavy atom. The van der Waals surface area contributed by atoms with Gasteiger partial charge in [-0.25, -0.2) is 4.98 Å². The van der Waals surface area contributed by atoms with Crippen molar-refractivity contribution in [3.8, 4) is 0 Å². The van der Waals surface area contributed by atoms with E-state index in [0.29, 0.717) is 11.5 Å². The van der Waals surface area contributed by atoms with E-state index in [-0.39, 0.29) is 0 Å². The van der Waals surface area contributed by atoms with Crippen LogP contribution in [0, 0.1) is 0 Å². The molecule has 1 saturated heterocycles. The van der Waals surface area contributed by atoms with Crippen molar-refractivity contribution in [2.45, 2.75) is 6.54 Å². The highest BCUT2D eigenvalue weighted by atomic mass is 15.2. The van der Waals surface area contributed by atoms with Gasteiger partial charge in [0.05, 0.1) is 5.69 Å². The van der Waals surface area contributed by atoms with Crippen LogP contribution in [-0.2, 0) is 6.54 Å². The van der Waals surface area contributed by atoms with E-state index in [1.807, 2.05) is 6.07 Å². The second-order valence-corrected chi connectivity index (χ2v) is 3.80. The molecule has 1 aliphatic heterocycles. The second-order valence-electron chi connectivity index (χ2n) is 3.80. The van der Waals surface area contributed by atoms with Crippen molar-refractivity contribution < 1.29 is 0 Å². The Bertz CT molecular complexity index is 333. The zero-order chi connectivity index (χ0) is 10.7. The average Bonchev–Trinajstić information content (AvgIpc) is 2.26. The van der Waals surface area contributed by atoms with Crippen LogP contribution in [0.15, 0.2) is 12.3 Å². The normalized spacial score (nSPS) is 17.9. The molecule has 5 heteroatoms. The first-order valence-electron chi connectivity index (χ1n) is 5.19. The summed E-state index contributed by atoms with van der Waals surface area (Å²) in [5, 5.41) is 3.32. The maximum Gasteiger partial charge on any atom is 0.146 e. The monoisotopic (exact) mass is 207 g/mol. The first-order valence-corrected chi connectivity index (χ1v) is 5.19. The van der Waals surface area contributed by atoms with Gasteiger partial charge in [-0.1, -0.05) is 0 Å². The van der Waals surface area contributed by atoms with E-state index < -0.39 is 0 Å². The number of aromatic nitrogens is 1. The quantitative estimate of drug-likeness (QED) is 0.618. The lowest BCUT2D eigenvalue weighted by Gasteiger charge is -2.27. The molecule has 0 bridgehead atoms. The predicted octanol–water partition coefficient (Wildman–Crippen LogP) is -0.349. The largest absolute Gasteiger partial charge is 0.395 e. The molecule has 1 fully saturated rings. The number of piperazine rings is 1. The molecule has 5 N–H and O–H groups in total. The lowest BCUT2D eigenvalue weighted by molar-refractivity contribution is 0.233. The topological polar surface area (TPSA) is 80.2 Å². The molecule has 0 unspecified atom stereocenters. The summed E-state index contributed by atoms with van der Waals surface area (Å²) in [7, 11) is 0. The molecular weight excluding hydrogens is 190 g/mol. The molecular formula is C10H17N5. The van der Waals surface area contributed by atoms with E-state index in [1.54, 1.807) is 6.20 Å². The van der Waals surface area contributed by atoms with Crippen molar-refractivity contribution in [3.63, 3.8) is 0 Å². The molecule has 15 heavy (non-hydrogen) atoms. The zero-order valence-electron chi connectivity index (χ0n) is 8.74. The van der Waals surface area contributed by atoms with Gasteiger partial charge >= 0.3 is 0 Å². The van der Waals surface area contributed by atoms with Crippen molar-refractivity contribution >= 4 is 11.5 Å². The van der Waals surface area contributed by atoms with Crippen LogP contribution < -0.4 is 16.8 Å². The van der Waals surface area contributed by atoms with Crippen molar-refractivity contribution in [1.82, 2.24) is 15.2 Å². The number of anilines is 2. The van der Waals surface area contributed by atoms with Gasteiger partial charge in [0.1, 0.15) is 5.82 Å². The van der Waals surface area contributed by atoms with Gasteiger partial charge in [-0.3, -0.25) is 4.90 Å². The van der Waals surface area contributed by atoms with E-state index >= 15 is 0 Å². The van der Waals surface area contributed by atoms with Crippen LogP contribution in [0.3, 0.4) is 0 Å². The SMILES string of the molecule is Nc1nccc(CN2CCNCC2)c1N. The van der Waals surface area contributed by atoms with Gasteiger partial charge in [-0.2, -0.15) is 0 Å². The van der Waals surface area contributed by atoms with E-state index in [1.165, 1.54) is 0 Å². The zero-order valence-corrected chi connectivity index (χ0v) is 8.74. The molecule has 82 valence electrons. The van der Waals surface area contributed by atoms with Gasteiger partial charge in [0, 0.05) is 38.9 Å². The minimum Gasteiger partial charge on any atom is -0.395 e. The number of nitrogens with one attached hydrogen (secondary N) is 1. The lowest BCUT2D eigenvalue weighted by Crippen LogP contribution is -2.43. The highest BCUT2D eigenvalue weighted by Gasteiger charge is 2.12. The summed E-state index contributed by atoms with van der Waals surface area (Å²) >= 11 is 0. The Labute approximate surface area is 89.5 Å². The highest BCUT2D eigenvalue weighted by Crippen LogP contribution is 2.18.